The van der Waals surface area contributed by atoms with Gasteiger partial charge in [-0.25, -0.2) is 9.37 Å². The zero-order valence-electron chi connectivity index (χ0n) is 15.2. The average Bonchev–Trinajstić information content (AvgIpc) is 2.59. The molecule has 0 saturated carbocycles. The summed E-state index contributed by atoms with van der Waals surface area (Å²) < 4.78 is 19.3. The van der Waals surface area contributed by atoms with Gasteiger partial charge in [0.25, 0.3) is 0 Å². The van der Waals surface area contributed by atoms with Gasteiger partial charge in [-0.1, -0.05) is 32.4 Å². The lowest BCUT2D eigenvalue weighted by atomic mass is 10.00. The van der Waals surface area contributed by atoms with E-state index in [1.807, 2.05) is 18.2 Å². The van der Waals surface area contributed by atoms with Crippen LogP contribution in [0.2, 0.25) is 5.15 Å². The van der Waals surface area contributed by atoms with Crippen LogP contribution in [0.5, 0.6) is 5.75 Å². The van der Waals surface area contributed by atoms with Gasteiger partial charge in [0.15, 0.2) is 10.9 Å². The fourth-order valence-electron chi connectivity index (χ4n) is 3.13. The Morgan fingerprint density at radius 2 is 1.92 bits per heavy atom. The van der Waals surface area contributed by atoms with E-state index in [0.717, 1.165) is 17.4 Å². The molecule has 0 N–H and O–H groups in total. The van der Waals surface area contributed by atoms with Crippen LogP contribution < -0.4 is 4.74 Å². The Kier molecular flexibility index (Phi) is 5.72. The molecule has 2 aromatic heterocycles. The first-order valence-electron chi connectivity index (χ1n) is 8.78. The fourth-order valence-corrected chi connectivity index (χ4v) is 3.34. The van der Waals surface area contributed by atoms with E-state index < -0.39 is 0 Å². The quantitative estimate of drug-likeness (QED) is 0.487. The largest absolute Gasteiger partial charge is 0.490 e. The van der Waals surface area contributed by atoms with Crippen molar-refractivity contribution in [1.82, 2.24) is 9.97 Å². The molecule has 0 spiro atoms. The summed E-state index contributed by atoms with van der Waals surface area (Å²) in [5, 5.41) is 1.16. The van der Waals surface area contributed by atoms with E-state index in [0.29, 0.717) is 40.6 Å². The first-order valence-corrected chi connectivity index (χ1v) is 9.16. The number of hydrogen-bond donors (Lipinski definition) is 0. The molecule has 1 atom stereocenters. The highest BCUT2D eigenvalue weighted by atomic mass is 35.5. The van der Waals surface area contributed by atoms with E-state index in [2.05, 4.69) is 30.7 Å². The van der Waals surface area contributed by atoms with Crippen molar-refractivity contribution in [1.29, 1.82) is 0 Å². The maximum absolute atomic E-state index is 13.4. The number of benzene rings is 1. The smallest absolute Gasteiger partial charge is 0.171 e. The van der Waals surface area contributed by atoms with E-state index in [1.54, 1.807) is 12.3 Å². The summed E-state index contributed by atoms with van der Waals surface area (Å²) in [6, 6.07) is 10.1. The van der Waals surface area contributed by atoms with Crippen LogP contribution in [0.4, 0.5) is 4.39 Å². The maximum atomic E-state index is 13.4. The van der Waals surface area contributed by atoms with Crippen LogP contribution >= 0.6 is 11.6 Å². The molecule has 0 bridgehead atoms. The third kappa shape index (κ3) is 4.31. The highest BCUT2D eigenvalue weighted by Crippen LogP contribution is 2.31. The number of rotatable bonds is 6. The normalized spacial score (nSPS) is 12.5. The van der Waals surface area contributed by atoms with Gasteiger partial charge in [-0.3, -0.25) is 4.98 Å². The van der Waals surface area contributed by atoms with Gasteiger partial charge in [-0.2, -0.15) is 0 Å². The van der Waals surface area contributed by atoms with Gasteiger partial charge in [0.05, 0.1) is 17.8 Å². The number of ether oxygens (including phenoxy) is 1. The molecule has 0 radical (unpaired) electrons. The Balaban J connectivity index is 1.84. The van der Waals surface area contributed by atoms with E-state index in [9.17, 15) is 4.39 Å². The Bertz CT molecular complexity index is 914. The summed E-state index contributed by atoms with van der Waals surface area (Å²) in [4.78, 5) is 8.69. The molecular formula is C21H22ClFN2O. The second-order valence-corrected chi connectivity index (χ2v) is 7.41. The molecule has 0 amide bonds. The lowest BCUT2D eigenvalue weighted by Crippen LogP contribution is -2.11. The van der Waals surface area contributed by atoms with Gasteiger partial charge in [-0.05, 0) is 48.6 Å². The lowest BCUT2D eigenvalue weighted by molar-refractivity contribution is 0.238. The van der Waals surface area contributed by atoms with Crippen molar-refractivity contribution in [2.45, 2.75) is 27.2 Å². The second-order valence-electron chi connectivity index (χ2n) is 7.05. The van der Waals surface area contributed by atoms with Crippen LogP contribution in [0, 0.1) is 17.7 Å². The van der Waals surface area contributed by atoms with Crippen LogP contribution in [0.15, 0.2) is 42.6 Å². The van der Waals surface area contributed by atoms with Crippen molar-refractivity contribution in [3.8, 4) is 17.0 Å². The number of halogens is 2. The third-order valence-corrected chi connectivity index (χ3v) is 4.46. The average molecular weight is 373 g/mol. The number of fused-ring (bicyclic) bond motifs is 1. The number of nitrogens with zero attached hydrogens (tertiary/aromatic N) is 2. The molecule has 0 aliphatic rings. The highest BCUT2D eigenvalue weighted by molar-refractivity contribution is 6.31. The molecular weight excluding hydrogens is 351 g/mol. The van der Waals surface area contributed by atoms with E-state index in [-0.39, 0.29) is 5.82 Å². The van der Waals surface area contributed by atoms with Crippen molar-refractivity contribution in [2.75, 3.05) is 6.61 Å². The van der Waals surface area contributed by atoms with Crippen LogP contribution in [0.1, 0.15) is 27.2 Å². The molecule has 0 aliphatic heterocycles. The summed E-state index contributed by atoms with van der Waals surface area (Å²) in [6.45, 7) is 7.17. The molecule has 0 fully saturated rings. The minimum atomic E-state index is -0.313. The van der Waals surface area contributed by atoms with E-state index in [1.165, 1.54) is 12.1 Å². The van der Waals surface area contributed by atoms with Crippen molar-refractivity contribution >= 4 is 22.5 Å². The minimum Gasteiger partial charge on any atom is -0.490 e. The van der Waals surface area contributed by atoms with Gasteiger partial charge < -0.3 is 4.74 Å². The first kappa shape index (κ1) is 18.6. The summed E-state index contributed by atoms with van der Waals surface area (Å²) in [5.41, 5.74) is 2.15. The molecule has 136 valence electrons. The number of aromatic nitrogens is 2. The standard InChI is InChI=1S/C21H22ClFN2O/c1-13(2)10-14(3)12-26-20-7-6-18(25-21(20)22)17-8-9-24-19-11-15(23)4-5-16(17)19/h4-9,11,13-14H,10,12H2,1-3H3/t14-/m1/s1. The highest BCUT2D eigenvalue weighted by Gasteiger charge is 2.12. The predicted molar refractivity (Wildman–Crippen MR) is 104 cm³/mol. The zero-order valence-corrected chi connectivity index (χ0v) is 15.9. The van der Waals surface area contributed by atoms with Gasteiger partial charge in [0.1, 0.15) is 5.82 Å². The molecule has 0 aliphatic carbocycles. The molecule has 3 nitrogen and oxygen atoms in total. The zero-order chi connectivity index (χ0) is 18.7. The molecule has 0 saturated heterocycles. The van der Waals surface area contributed by atoms with Crippen molar-refractivity contribution in [2.24, 2.45) is 11.8 Å². The van der Waals surface area contributed by atoms with Gasteiger partial charge in [-0.15, -0.1) is 0 Å². The van der Waals surface area contributed by atoms with E-state index >= 15 is 0 Å². The second kappa shape index (κ2) is 8.00. The summed E-state index contributed by atoms with van der Waals surface area (Å²) in [7, 11) is 0. The van der Waals surface area contributed by atoms with Crippen LogP contribution in [0.3, 0.4) is 0 Å². The van der Waals surface area contributed by atoms with Crippen molar-refractivity contribution < 1.29 is 9.13 Å². The number of hydrogen-bond acceptors (Lipinski definition) is 3. The summed E-state index contributed by atoms with van der Waals surface area (Å²) in [6.07, 6.45) is 2.74. The molecule has 3 rings (SSSR count). The first-order chi connectivity index (χ1) is 12.4. The molecule has 5 heteroatoms. The number of pyridine rings is 2. The monoisotopic (exact) mass is 372 g/mol. The molecule has 26 heavy (non-hydrogen) atoms. The molecule has 0 unspecified atom stereocenters. The molecule has 1 aromatic carbocycles. The van der Waals surface area contributed by atoms with Gasteiger partial charge in [0.2, 0.25) is 0 Å². The van der Waals surface area contributed by atoms with E-state index in [4.69, 9.17) is 16.3 Å². The van der Waals surface area contributed by atoms with Crippen LogP contribution in [-0.4, -0.2) is 16.6 Å². The lowest BCUT2D eigenvalue weighted by Gasteiger charge is -2.16. The van der Waals surface area contributed by atoms with Crippen LogP contribution in [-0.2, 0) is 0 Å². The summed E-state index contributed by atoms with van der Waals surface area (Å²) >= 11 is 6.33. The fraction of sp³-hybridized carbons (Fsp3) is 0.333. The maximum Gasteiger partial charge on any atom is 0.171 e. The summed E-state index contributed by atoms with van der Waals surface area (Å²) in [5.74, 6) is 1.35. The van der Waals surface area contributed by atoms with Crippen molar-refractivity contribution in [3.63, 3.8) is 0 Å². The molecule has 3 aromatic rings. The third-order valence-electron chi connectivity index (χ3n) is 4.19. The van der Waals surface area contributed by atoms with Gasteiger partial charge >= 0.3 is 0 Å². The minimum absolute atomic E-state index is 0.313. The Morgan fingerprint density at radius 1 is 1.12 bits per heavy atom. The van der Waals surface area contributed by atoms with Gasteiger partial charge in [0, 0.05) is 23.2 Å². The topological polar surface area (TPSA) is 35.0 Å². The SMILES string of the molecule is CC(C)C[C@@H](C)COc1ccc(-c2ccnc3cc(F)ccc23)nc1Cl. The van der Waals surface area contributed by atoms with Crippen LogP contribution in [0.25, 0.3) is 22.2 Å². The predicted octanol–water partition coefficient (Wildman–Crippen LogP) is 6.15. The Hall–Kier alpha value is -2.20. The van der Waals surface area contributed by atoms with Crippen molar-refractivity contribution in [3.05, 3.63) is 53.6 Å². The Labute approximate surface area is 158 Å². The Morgan fingerprint density at radius 3 is 2.65 bits per heavy atom. The molecule has 2 heterocycles.